The van der Waals surface area contributed by atoms with Crippen LogP contribution in [-0.2, 0) is 16.1 Å². The quantitative estimate of drug-likeness (QED) is 0.345. The van der Waals surface area contributed by atoms with Crippen molar-refractivity contribution in [3.05, 3.63) is 100 Å². The zero-order chi connectivity index (χ0) is 22.9. The Morgan fingerprint density at radius 1 is 0.939 bits per heavy atom. The number of carbonyl (C=O) groups is 2. The van der Waals surface area contributed by atoms with E-state index in [0.29, 0.717) is 40.9 Å². The Morgan fingerprint density at radius 2 is 1.64 bits per heavy atom. The third kappa shape index (κ3) is 3.94. The molecule has 1 fully saturated rings. The largest absolute Gasteiger partial charge is 0.507 e. The normalized spacial score (nSPS) is 19.1. The van der Waals surface area contributed by atoms with Gasteiger partial charge < -0.3 is 19.5 Å². The molecule has 0 saturated carbocycles. The number of Topliss-reactive ketones (excluding diaryl/α,β-unsaturated/α-hetero) is 1. The molecule has 0 bridgehead atoms. The Bertz CT molecular complexity index is 1250. The van der Waals surface area contributed by atoms with Gasteiger partial charge in [0.2, 0.25) is 0 Å². The Morgan fingerprint density at radius 3 is 2.36 bits per heavy atom. The molecule has 1 saturated heterocycles. The second-order valence-electron chi connectivity index (χ2n) is 7.82. The number of ketones is 1. The molecule has 3 aromatic carbocycles. The van der Waals surface area contributed by atoms with Gasteiger partial charge in [-0.15, -0.1) is 0 Å². The van der Waals surface area contributed by atoms with Gasteiger partial charge in [0.15, 0.2) is 11.5 Å². The van der Waals surface area contributed by atoms with E-state index in [1.165, 1.54) is 4.90 Å². The molecule has 3 aromatic rings. The van der Waals surface area contributed by atoms with Crippen molar-refractivity contribution in [3.63, 3.8) is 0 Å². The predicted octanol–water partition coefficient (Wildman–Crippen LogP) is 4.73. The van der Waals surface area contributed by atoms with Gasteiger partial charge in [-0.3, -0.25) is 9.59 Å². The van der Waals surface area contributed by atoms with Crippen LogP contribution < -0.4 is 9.47 Å². The van der Waals surface area contributed by atoms with Crippen molar-refractivity contribution < 1.29 is 24.2 Å². The number of aliphatic hydroxyl groups excluding tert-OH is 1. The molecular formula is C26H20ClNO5. The smallest absolute Gasteiger partial charge is 0.295 e. The van der Waals surface area contributed by atoms with E-state index >= 15 is 0 Å². The van der Waals surface area contributed by atoms with Crippen molar-refractivity contribution in [2.75, 3.05) is 13.2 Å². The number of fused-ring (bicyclic) bond motifs is 1. The average Bonchev–Trinajstić information content (AvgIpc) is 3.09. The molecule has 2 heterocycles. The highest BCUT2D eigenvalue weighted by molar-refractivity contribution is 6.46. The Balaban J connectivity index is 1.63. The summed E-state index contributed by atoms with van der Waals surface area (Å²) in [4.78, 5) is 27.7. The molecule has 0 aliphatic carbocycles. The van der Waals surface area contributed by atoms with E-state index < -0.39 is 17.7 Å². The number of aliphatic hydroxyl groups is 1. The second-order valence-corrected chi connectivity index (χ2v) is 8.26. The standard InChI is InChI=1S/C26H20ClNO5/c27-19-9-6-17(7-10-19)23-22(24(29)18-8-11-20-21(14-18)33-13-12-32-20)25(30)26(31)28(23)15-16-4-2-1-3-5-16/h1-11,14,23,29H,12-13,15H2/b24-22+/t23-/m0/s1. The zero-order valence-corrected chi connectivity index (χ0v) is 18.3. The van der Waals surface area contributed by atoms with Crippen LogP contribution in [0.2, 0.25) is 5.02 Å². The molecule has 2 aliphatic rings. The van der Waals surface area contributed by atoms with Crippen molar-refractivity contribution >= 4 is 29.1 Å². The summed E-state index contributed by atoms with van der Waals surface area (Å²) in [6, 6.07) is 20.5. The van der Waals surface area contributed by atoms with E-state index in [4.69, 9.17) is 21.1 Å². The molecule has 2 aliphatic heterocycles. The van der Waals surface area contributed by atoms with Crippen LogP contribution in [0, 0.1) is 0 Å². The first-order valence-corrected chi connectivity index (χ1v) is 10.9. The van der Waals surface area contributed by atoms with E-state index in [-0.39, 0.29) is 17.9 Å². The fraction of sp³-hybridized carbons (Fsp3) is 0.154. The topological polar surface area (TPSA) is 76.1 Å². The van der Waals surface area contributed by atoms with Gasteiger partial charge in [0, 0.05) is 17.1 Å². The molecule has 6 nitrogen and oxygen atoms in total. The minimum absolute atomic E-state index is 0.0231. The van der Waals surface area contributed by atoms with Gasteiger partial charge in [-0.05, 0) is 41.5 Å². The number of hydrogen-bond donors (Lipinski definition) is 1. The summed E-state index contributed by atoms with van der Waals surface area (Å²) < 4.78 is 11.2. The van der Waals surface area contributed by atoms with Gasteiger partial charge in [-0.25, -0.2) is 0 Å². The molecule has 5 rings (SSSR count). The van der Waals surface area contributed by atoms with E-state index in [9.17, 15) is 14.7 Å². The Hall–Kier alpha value is -3.77. The van der Waals surface area contributed by atoms with E-state index in [0.717, 1.165) is 5.56 Å². The number of halogens is 1. The van der Waals surface area contributed by atoms with Gasteiger partial charge in [-0.2, -0.15) is 0 Å². The van der Waals surface area contributed by atoms with Crippen molar-refractivity contribution in [3.8, 4) is 11.5 Å². The molecule has 1 atom stereocenters. The lowest BCUT2D eigenvalue weighted by molar-refractivity contribution is -0.140. The molecule has 0 unspecified atom stereocenters. The highest BCUT2D eigenvalue weighted by Crippen LogP contribution is 2.42. The average molecular weight is 462 g/mol. The Kier molecular flexibility index (Phi) is 5.52. The fourth-order valence-electron chi connectivity index (χ4n) is 4.16. The third-order valence-electron chi connectivity index (χ3n) is 5.74. The van der Waals surface area contributed by atoms with Gasteiger partial charge in [-0.1, -0.05) is 54.1 Å². The first-order valence-electron chi connectivity index (χ1n) is 10.5. The summed E-state index contributed by atoms with van der Waals surface area (Å²) in [6.07, 6.45) is 0. The highest BCUT2D eigenvalue weighted by atomic mass is 35.5. The van der Waals surface area contributed by atoms with Crippen LogP contribution in [0.15, 0.2) is 78.4 Å². The number of amides is 1. The van der Waals surface area contributed by atoms with Crippen LogP contribution in [0.5, 0.6) is 11.5 Å². The molecular weight excluding hydrogens is 442 g/mol. The fourth-order valence-corrected chi connectivity index (χ4v) is 4.29. The first-order chi connectivity index (χ1) is 16.0. The molecule has 33 heavy (non-hydrogen) atoms. The number of rotatable bonds is 4. The third-order valence-corrected chi connectivity index (χ3v) is 5.99. The van der Waals surface area contributed by atoms with Crippen LogP contribution in [0.1, 0.15) is 22.7 Å². The number of hydrogen-bond acceptors (Lipinski definition) is 5. The Labute approximate surface area is 195 Å². The summed E-state index contributed by atoms with van der Waals surface area (Å²) in [5.74, 6) is -0.625. The molecule has 166 valence electrons. The lowest BCUT2D eigenvalue weighted by atomic mass is 9.95. The van der Waals surface area contributed by atoms with E-state index in [1.807, 2.05) is 30.3 Å². The second kappa shape index (κ2) is 8.64. The van der Waals surface area contributed by atoms with Gasteiger partial charge >= 0.3 is 0 Å². The maximum atomic E-state index is 13.2. The number of carbonyl (C=O) groups excluding carboxylic acids is 2. The molecule has 1 amide bonds. The monoisotopic (exact) mass is 461 g/mol. The zero-order valence-electron chi connectivity index (χ0n) is 17.5. The maximum absolute atomic E-state index is 13.2. The molecule has 1 N–H and O–H groups in total. The lowest BCUT2D eigenvalue weighted by Gasteiger charge is -2.25. The van der Waals surface area contributed by atoms with Gasteiger partial charge in [0.1, 0.15) is 19.0 Å². The van der Waals surface area contributed by atoms with Gasteiger partial charge in [0.05, 0.1) is 11.6 Å². The van der Waals surface area contributed by atoms with Crippen LogP contribution in [0.3, 0.4) is 0 Å². The van der Waals surface area contributed by atoms with Crippen molar-refractivity contribution in [2.24, 2.45) is 0 Å². The van der Waals surface area contributed by atoms with Crippen LogP contribution in [0.4, 0.5) is 0 Å². The van der Waals surface area contributed by atoms with Crippen molar-refractivity contribution in [2.45, 2.75) is 12.6 Å². The number of benzene rings is 3. The molecule has 7 heteroatoms. The van der Waals surface area contributed by atoms with Gasteiger partial charge in [0.25, 0.3) is 11.7 Å². The van der Waals surface area contributed by atoms with Crippen LogP contribution in [-0.4, -0.2) is 34.9 Å². The summed E-state index contributed by atoms with van der Waals surface area (Å²) in [5.41, 5.74) is 1.94. The lowest BCUT2D eigenvalue weighted by Crippen LogP contribution is -2.29. The van der Waals surface area contributed by atoms with Crippen LogP contribution >= 0.6 is 11.6 Å². The van der Waals surface area contributed by atoms with Crippen molar-refractivity contribution in [1.29, 1.82) is 0 Å². The molecule has 0 spiro atoms. The number of likely N-dealkylation sites (tertiary alicyclic amines) is 1. The van der Waals surface area contributed by atoms with Crippen molar-refractivity contribution in [1.82, 2.24) is 4.90 Å². The summed E-state index contributed by atoms with van der Waals surface area (Å²) in [6.45, 7) is 1.06. The SMILES string of the molecule is O=C1C(=O)N(Cc2ccccc2)[C@@H](c2ccc(Cl)cc2)/C1=C(\O)c1ccc2c(c1)OCCO2. The summed E-state index contributed by atoms with van der Waals surface area (Å²) in [5, 5.41) is 11.8. The number of nitrogens with zero attached hydrogens (tertiary/aromatic N) is 1. The minimum atomic E-state index is -0.768. The summed E-state index contributed by atoms with van der Waals surface area (Å²) >= 11 is 6.07. The molecule has 0 radical (unpaired) electrons. The van der Waals surface area contributed by atoms with Crippen LogP contribution in [0.25, 0.3) is 5.76 Å². The predicted molar refractivity (Wildman–Crippen MR) is 123 cm³/mol. The first kappa shape index (κ1) is 21.1. The highest BCUT2D eigenvalue weighted by Gasteiger charge is 2.46. The number of ether oxygens (including phenoxy) is 2. The summed E-state index contributed by atoms with van der Waals surface area (Å²) in [7, 11) is 0. The maximum Gasteiger partial charge on any atom is 0.295 e. The van der Waals surface area contributed by atoms with E-state index in [1.54, 1.807) is 42.5 Å². The molecule has 0 aromatic heterocycles. The van der Waals surface area contributed by atoms with E-state index in [2.05, 4.69) is 0 Å². The minimum Gasteiger partial charge on any atom is -0.507 e.